The molecule has 0 unspecified atom stereocenters. The van der Waals surface area contributed by atoms with Crippen molar-refractivity contribution >= 4 is 0 Å². The minimum atomic E-state index is -0.172. The van der Waals surface area contributed by atoms with Crippen LogP contribution in [0.5, 0.6) is 0 Å². The lowest BCUT2D eigenvalue weighted by atomic mass is 9.78. The van der Waals surface area contributed by atoms with Crippen LogP contribution in [0.25, 0.3) is 0 Å². The number of nitrogens with one attached hydrogen (secondary N) is 1. The topological polar surface area (TPSA) is 35.8 Å². The van der Waals surface area contributed by atoms with Crippen LogP contribution in [0.4, 0.5) is 0 Å². The van der Waals surface area contributed by atoms with Crippen LogP contribution in [0.15, 0.2) is 0 Å². The molecule has 2 fully saturated rings. The third-order valence-corrected chi connectivity index (χ3v) is 3.77. The lowest BCUT2D eigenvalue weighted by Crippen LogP contribution is -2.47. The molecule has 0 heterocycles. The molecule has 2 heteroatoms. The lowest BCUT2D eigenvalue weighted by molar-refractivity contribution is 0.247. The van der Waals surface area contributed by atoms with Crippen molar-refractivity contribution in [2.75, 3.05) is 6.54 Å². The number of rotatable bonds is 3. The predicted octanol–water partition coefficient (Wildman–Crippen LogP) is 2.46. The van der Waals surface area contributed by atoms with Gasteiger partial charge in [-0.05, 0) is 56.9 Å². The molecule has 2 rings (SSSR count). The molecule has 2 aliphatic rings. The molecule has 0 amide bonds. The average Bonchev–Trinajstić information content (AvgIpc) is 3.02. The highest BCUT2D eigenvalue weighted by Gasteiger charge is 2.35. The second kappa shape index (κ2) is 3.90. The molecule has 0 saturated heterocycles. The summed E-state index contributed by atoms with van der Waals surface area (Å²) in [6, 6.07) is 2.51. The van der Waals surface area contributed by atoms with Crippen LogP contribution >= 0.6 is 0 Å². The van der Waals surface area contributed by atoms with Gasteiger partial charge in [-0.3, -0.25) is 5.32 Å². The first kappa shape index (κ1) is 9.98. The summed E-state index contributed by atoms with van der Waals surface area (Å²) < 4.78 is 0. The quantitative estimate of drug-likeness (QED) is 0.745. The zero-order valence-corrected chi connectivity index (χ0v) is 9.05. The van der Waals surface area contributed by atoms with Gasteiger partial charge in [-0.1, -0.05) is 6.92 Å². The molecular weight excluding hydrogens is 172 g/mol. The van der Waals surface area contributed by atoms with E-state index in [-0.39, 0.29) is 5.54 Å². The molecule has 0 aliphatic heterocycles. The van der Waals surface area contributed by atoms with Crippen LogP contribution in [0.3, 0.4) is 0 Å². The van der Waals surface area contributed by atoms with Gasteiger partial charge in [0, 0.05) is 0 Å². The molecule has 14 heavy (non-hydrogen) atoms. The standard InChI is InChI=1S/C12H20N2/c1-10-4-6-12(9-13,7-5-10)14-8-11-2-3-11/h10-11,14H,2-8H2,1H3. The third kappa shape index (κ3) is 2.27. The van der Waals surface area contributed by atoms with Crippen molar-refractivity contribution in [3.05, 3.63) is 0 Å². The van der Waals surface area contributed by atoms with E-state index in [9.17, 15) is 5.26 Å². The number of nitriles is 1. The van der Waals surface area contributed by atoms with E-state index in [1.54, 1.807) is 0 Å². The smallest absolute Gasteiger partial charge is 0.106 e. The first-order chi connectivity index (χ1) is 6.74. The highest BCUT2D eigenvalue weighted by atomic mass is 15.0. The Bertz CT molecular complexity index is 229. The van der Waals surface area contributed by atoms with Crippen molar-refractivity contribution in [1.29, 1.82) is 5.26 Å². The third-order valence-electron chi connectivity index (χ3n) is 3.77. The number of nitrogens with zero attached hydrogens (tertiary/aromatic N) is 1. The summed E-state index contributed by atoms with van der Waals surface area (Å²) in [6.07, 6.45) is 7.26. The van der Waals surface area contributed by atoms with Gasteiger partial charge in [0.2, 0.25) is 0 Å². The summed E-state index contributed by atoms with van der Waals surface area (Å²) >= 11 is 0. The van der Waals surface area contributed by atoms with Gasteiger partial charge in [0.1, 0.15) is 5.54 Å². The van der Waals surface area contributed by atoms with Crippen LogP contribution in [0.1, 0.15) is 45.4 Å². The fraction of sp³-hybridized carbons (Fsp3) is 0.917. The minimum Gasteiger partial charge on any atom is -0.299 e. The van der Waals surface area contributed by atoms with E-state index >= 15 is 0 Å². The average molecular weight is 192 g/mol. The van der Waals surface area contributed by atoms with E-state index < -0.39 is 0 Å². The Morgan fingerprint density at radius 1 is 1.29 bits per heavy atom. The molecule has 0 aromatic carbocycles. The molecule has 0 aromatic heterocycles. The summed E-state index contributed by atoms with van der Waals surface area (Å²) in [5.74, 6) is 1.69. The summed E-state index contributed by atoms with van der Waals surface area (Å²) in [5.41, 5.74) is -0.172. The molecule has 0 atom stereocenters. The Hall–Kier alpha value is -0.550. The molecule has 0 bridgehead atoms. The highest BCUT2D eigenvalue weighted by Crippen LogP contribution is 2.33. The molecule has 2 saturated carbocycles. The van der Waals surface area contributed by atoms with Crippen molar-refractivity contribution in [1.82, 2.24) is 5.32 Å². The van der Waals surface area contributed by atoms with Crippen LogP contribution in [0, 0.1) is 23.2 Å². The first-order valence-electron chi connectivity index (χ1n) is 5.90. The van der Waals surface area contributed by atoms with E-state index in [4.69, 9.17) is 0 Å². The van der Waals surface area contributed by atoms with Gasteiger partial charge < -0.3 is 0 Å². The summed E-state index contributed by atoms with van der Waals surface area (Å²) in [4.78, 5) is 0. The van der Waals surface area contributed by atoms with E-state index in [2.05, 4.69) is 18.3 Å². The summed E-state index contributed by atoms with van der Waals surface area (Å²) in [6.45, 7) is 3.37. The van der Waals surface area contributed by atoms with Crippen molar-refractivity contribution in [2.45, 2.75) is 51.0 Å². The fourth-order valence-electron chi connectivity index (χ4n) is 2.24. The largest absolute Gasteiger partial charge is 0.299 e. The van der Waals surface area contributed by atoms with Gasteiger partial charge in [0.25, 0.3) is 0 Å². The molecule has 2 nitrogen and oxygen atoms in total. The number of hydrogen-bond donors (Lipinski definition) is 1. The highest BCUT2D eigenvalue weighted by molar-refractivity contribution is 5.09. The van der Waals surface area contributed by atoms with Crippen molar-refractivity contribution in [3.63, 3.8) is 0 Å². The van der Waals surface area contributed by atoms with Crippen LogP contribution in [-0.2, 0) is 0 Å². The van der Waals surface area contributed by atoms with E-state index in [1.807, 2.05) is 0 Å². The number of hydrogen-bond acceptors (Lipinski definition) is 2. The zero-order valence-electron chi connectivity index (χ0n) is 9.05. The van der Waals surface area contributed by atoms with Crippen molar-refractivity contribution < 1.29 is 0 Å². The van der Waals surface area contributed by atoms with E-state index in [0.717, 1.165) is 31.2 Å². The van der Waals surface area contributed by atoms with E-state index in [1.165, 1.54) is 25.7 Å². The SMILES string of the molecule is CC1CCC(C#N)(NCC2CC2)CC1. The van der Waals surface area contributed by atoms with Gasteiger partial charge in [0.05, 0.1) is 6.07 Å². The van der Waals surface area contributed by atoms with Gasteiger partial charge in [-0.25, -0.2) is 0 Å². The molecule has 2 aliphatic carbocycles. The Morgan fingerprint density at radius 3 is 2.43 bits per heavy atom. The maximum absolute atomic E-state index is 9.25. The first-order valence-corrected chi connectivity index (χ1v) is 5.90. The Balaban J connectivity index is 1.85. The van der Waals surface area contributed by atoms with Gasteiger partial charge >= 0.3 is 0 Å². The fourth-order valence-corrected chi connectivity index (χ4v) is 2.24. The molecule has 0 aromatic rings. The van der Waals surface area contributed by atoms with Gasteiger partial charge in [-0.2, -0.15) is 5.26 Å². The van der Waals surface area contributed by atoms with Gasteiger partial charge in [-0.15, -0.1) is 0 Å². The Labute approximate surface area is 86.7 Å². The molecule has 1 N–H and O–H groups in total. The lowest BCUT2D eigenvalue weighted by Gasteiger charge is -2.34. The normalized spacial score (nSPS) is 37.9. The van der Waals surface area contributed by atoms with Crippen molar-refractivity contribution in [2.24, 2.45) is 11.8 Å². The summed E-state index contributed by atoms with van der Waals surface area (Å²) in [7, 11) is 0. The van der Waals surface area contributed by atoms with Gasteiger partial charge in [0.15, 0.2) is 0 Å². The van der Waals surface area contributed by atoms with E-state index in [0.29, 0.717) is 0 Å². The predicted molar refractivity (Wildman–Crippen MR) is 56.7 cm³/mol. The second-order valence-corrected chi connectivity index (χ2v) is 5.20. The van der Waals surface area contributed by atoms with Crippen molar-refractivity contribution in [3.8, 4) is 6.07 Å². The Kier molecular flexibility index (Phi) is 2.78. The molecular formula is C12H20N2. The molecule has 0 radical (unpaired) electrons. The maximum atomic E-state index is 9.25. The zero-order chi connectivity index (χ0) is 10.0. The monoisotopic (exact) mass is 192 g/mol. The Morgan fingerprint density at radius 2 is 1.93 bits per heavy atom. The molecule has 78 valence electrons. The molecule has 0 spiro atoms. The van der Waals surface area contributed by atoms with Crippen LogP contribution in [-0.4, -0.2) is 12.1 Å². The van der Waals surface area contributed by atoms with Crippen LogP contribution in [0.2, 0.25) is 0 Å². The van der Waals surface area contributed by atoms with Crippen LogP contribution < -0.4 is 5.32 Å². The second-order valence-electron chi connectivity index (χ2n) is 5.20. The maximum Gasteiger partial charge on any atom is 0.106 e. The minimum absolute atomic E-state index is 0.172. The summed E-state index contributed by atoms with van der Waals surface area (Å²) in [5, 5.41) is 12.8.